The molecule has 0 spiro atoms. The van der Waals surface area contributed by atoms with Crippen molar-refractivity contribution in [3.05, 3.63) is 47.2 Å². The van der Waals surface area contributed by atoms with Crippen molar-refractivity contribution in [3.8, 4) is 11.4 Å². The van der Waals surface area contributed by atoms with Crippen LogP contribution in [0.25, 0.3) is 11.4 Å². The standard InChI is InChI=1S/C14H15ClN2O/c1-18-8-2-3-11-9-16-14(17-10-11)12-4-6-13(15)7-5-12/h4-7,9-10H,2-3,8H2,1H3. The molecule has 18 heavy (non-hydrogen) atoms. The minimum absolute atomic E-state index is 0.718. The van der Waals surface area contributed by atoms with Gasteiger partial charge in [0.1, 0.15) is 0 Å². The molecule has 0 saturated carbocycles. The van der Waals surface area contributed by atoms with E-state index < -0.39 is 0 Å². The average Bonchev–Trinajstić information content (AvgIpc) is 2.41. The lowest BCUT2D eigenvalue weighted by atomic mass is 10.2. The van der Waals surface area contributed by atoms with E-state index in [0.717, 1.165) is 41.4 Å². The summed E-state index contributed by atoms with van der Waals surface area (Å²) in [6, 6.07) is 7.52. The van der Waals surface area contributed by atoms with Gasteiger partial charge in [-0.15, -0.1) is 0 Å². The Morgan fingerprint density at radius 1 is 1.11 bits per heavy atom. The summed E-state index contributed by atoms with van der Waals surface area (Å²) >= 11 is 5.84. The summed E-state index contributed by atoms with van der Waals surface area (Å²) in [6.07, 6.45) is 5.66. The lowest BCUT2D eigenvalue weighted by Gasteiger charge is -2.03. The largest absolute Gasteiger partial charge is 0.385 e. The first-order valence-electron chi connectivity index (χ1n) is 5.85. The second-order valence-corrected chi connectivity index (χ2v) is 4.45. The van der Waals surface area contributed by atoms with Gasteiger partial charge in [-0.3, -0.25) is 0 Å². The van der Waals surface area contributed by atoms with Gasteiger partial charge >= 0.3 is 0 Å². The number of hydrogen-bond acceptors (Lipinski definition) is 3. The van der Waals surface area contributed by atoms with E-state index in [9.17, 15) is 0 Å². The van der Waals surface area contributed by atoms with Crippen molar-refractivity contribution in [1.82, 2.24) is 9.97 Å². The molecule has 94 valence electrons. The van der Waals surface area contributed by atoms with Crippen LogP contribution in [0.3, 0.4) is 0 Å². The minimum Gasteiger partial charge on any atom is -0.385 e. The molecule has 1 aromatic carbocycles. The number of aryl methyl sites for hydroxylation is 1. The van der Waals surface area contributed by atoms with Crippen LogP contribution in [0, 0.1) is 0 Å². The van der Waals surface area contributed by atoms with Gasteiger partial charge in [0.2, 0.25) is 0 Å². The van der Waals surface area contributed by atoms with Crippen LogP contribution in [0.2, 0.25) is 5.02 Å². The Balaban J connectivity index is 2.05. The zero-order chi connectivity index (χ0) is 12.8. The summed E-state index contributed by atoms with van der Waals surface area (Å²) in [5, 5.41) is 0.718. The average molecular weight is 263 g/mol. The monoisotopic (exact) mass is 262 g/mol. The molecule has 2 aromatic rings. The topological polar surface area (TPSA) is 35.0 Å². The first kappa shape index (κ1) is 13.0. The number of aromatic nitrogens is 2. The van der Waals surface area contributed by atoms with E-state index in [1.807, 2.05) is 36.7 Å². The Morgan fingerprint density at radius 2 is 1.78 bits per heavy atom. The number of benzene rings is 1. The van der Waals surface area contributed by atoms with Crippen molar-refractivity contribution in [1.29, 1.82) is 0 Å². The van der Waals surface area contributed by atoms with E-state index in [4.69, 9.17) is 16.3 Å². The van der Waals surface area contributed by atoms with Gasteiger partial charge in [-0.05, 0) is 42.7 Å². The second-order valence-electron chi connectivity index (χ2n) is 4.02. The molecule has 0 aliphatic heterocycles. The van der Waals surface area contributed by atoms with Crippen LogP contribution in [0.1, 0.15) is 12.0 Å². The summed E-state index contributed by atoms with van der Waals surface area (Å²) in [5.74, 6) is 0.724. The normalized spacial score (nSPS) is 10.6. The van der Waals surface area contributed by atoms with Crippen LogP contribution >= 0.6 is 11.6 Å². The third-order valence-corrected chi connectivity index (χ3v) is 2.87. The Hall–Kier alpha value is -1.45. The van der Waals surface area contributed by atoms with Crippen molar-refractivity contribution in [2.75, 3.05) is 13.7 Å². The zero-order valence-electron chi connectivity index (χ0n) is 10.3. The fourth-order valence-electron chi connectivity index (χ4n) is 1.65. The summed E-state index contributed by atoms with van der Waals surface area (Å²) < 4.78 is 5.01. The molecule has 1 heterocycles. The van der Waals surface area contributed by atoms with Gasteiger partial charge in [-0.1, -0.05) is 11.6 Å². The molecule has 0 amide bonds. The van der Waals surface area contributed by atoms with Crippen LogP contribution in [0.15, 0.2) is 36.7 Å². The Morgan fingerprint density at radius 3 is 2.39 bits per heavy atom. The maximum Gasteiger partial charge on any atom is 0.159 e. The van der Waals surface area contributed by atoms with Gasteiger partial charge in [-0.25, -0.2) is 9.97 Å². The molecule has 0 unspecified atom stereocenters. The van der Waals surface area contributed by atoms with E-state index in [0.29, 0.717) is 0 Å². The molecular formula is C14H15ClN2O. The van der Waals surface area contributed by atoms with Crippen molar-refractivity contribution in [2.45, 2.75) is 12.8 Å². The SMILES string of the molecule is COCCCc1cnc(-c2ccc(Cl)cc2)nc1. The summed E-state index contributed by atoms with van der Waals surface area (Å²) in [4.78, 5) is 8.72. The van der Waals surface area contributed by atoms with Crippen LogP contribution in [-0.4, -0.2) is 23.7 Å². The molecule has 1 aromatic heterocycles. The van der Waals surface area contributed by atoms with Gasteiger partial charge in [0.05, 0.1) is 0 Å². The van der Waals surface area contributed by atoms with Crippen molar-refractivity contribution in [3.63, 3.8) is 0 Å². The highest BCUT2D eigenvalue weighted by molar-refractivity contribution is 6.30. The van der Waals surface area contributed by atoms with Gasteiger partial charge in [0, 0.05) is 36.7 Å². The van der Waals surface area contributed by atoms with Crippen LogP contribution in [-0.2, 0) is 11.2 Å². The van der Waals surface area contributed by atoms with Crippen molar-refractivity contribution in [2.24, 2.45) is 0 Å². The summed E-state index contributed by atoms with van der Waals surface area (Å²) in [5.41, 5.74) is 2.10. The Kier molecular flexibility index (Phi) is 4.67. The molecule has 2 rings (SSSR count). The van der Waals surface area contributed by atoms with E-state index in [2.05, 4.69) is 9.97 Å². The van der Waals surface area contributed by atoms with Crippen molar-refractivity contribution < 1.29 is 4.74 Å². The summed E-state index contributed by atoms with van der Waals surface area (Å²) in [6.45, 7) is 0.763. The van der Waals surface area contributed by atoms with Gasteiger partial charge < -0.3 is 4.74 Å². The first-order chi connectivity index (χ1) is 8.79. The number of nitrogens with zero attached hydrogens (tertiary/aromatic N) is 2. The molecule has 0 aliphatic rings. The molecule has 3 nitrogen and oxygen atoms in total. The van der Waals surface area contributed by atoms with Gasteiger partial charge in [0.25, 0.3) is 0 Å². The van der Waals surface area contributed by atoms with E-state index in [-0.39, 0.29) is 0 Å². The number of hydrogen-bond donors (Lipinski definition) is 0. The predicted octanol–water partition coefficient (Wildman–Crippen LogP) is 3.38. The smallest absolute Gasteiger partial charge is 0.159 e. The van der Waals surface area contributed by atoms with Crippen LogP contribution in [0.4, 0.5) is 0 Å². The third-order valence-electron chi connectivity index (χ3n) is 2.62. The van der Waals surface area contributed by atoms with Crippen LogP contribution in [0.5, 0.6) is 0 Å². The zero-order valence-corrected chi connectivity index (χ0v) is 11.0. The molecular weight excluding hydrogens is 248 g/mol. The highest BCUT2D eigenvalue weighted by atomic mass is 35.5. The molecule has 4 heteroatoms. The maximum atomic E-state index is 5.84. The Labute approximate surface area is 112 Å². The molecule has 0 aliphatic carbocycles. The lowest BCUT2D eigenvalue weighted by molar-refractivity contribution is 0.195. The quantitative estimate of drug-likeness (QED) is 0.775. The third kappa shape index (κ3) is 3.52. The first-order valence-corrected chi connectivity index (χ1v) is 6.23. The minimum atomic E-state index is 0.718. The number of halogens is 1. The Bertz CT molecular complexity index is 482. The highest BCUT2D eigenvalue weighted by Gasteiger charge is 2.01. The molecule has 0 saturated heterocycles. The maximum absolute atomic E-state index is 5.84. The number of ether oxygens (including phenoxy) is 1. The van der Waals surface area contributed by atoms with E-state index >= 15 is 0 Å². The van der Waals surface area contributed by atoms with Gasteiger partial charge in [-0.2, -0.15) is 0 Å². The fraction of sp³-hybridized carbons (Fsp3) is 0.286. The van der Waals surface area contributed by atoms with E-state index in [1.165, 1.54) is 0 Å². The van der Waals surface area contributed by atoms with Crippen LogP contribution < -0.4 is 0 Å². The summed E-state index contributed by atoms with van der Waals surface area (Å²) in [7, 11) is 1.71. The molecule has 0 atom stereocenters. The lowest BCUT2D eigenvalue weighted by Crippen LogP contribution is -1.96. The highest BCUT2D eigenvalue weighted by Crippen LogP contribution is 2.17. The molecule has 0 bridgehead atoms. The predicted molar refractivity (Wildman–Crippen MR) is 72.7 cm³/mol. The van der Waals surface area contributed by atoms with E-state index in [1.54, 1.807) is 7.11 Å². The fourth-order valence-corrected chi connectivity index (χ4v) is 1.78. The van der Waals surface area contributed by atoms with Crippen molar-refractivity contribution >= 4 is 11.6 Å². The number of rotatable bonds is 5. The number of methoxy groups -OCH3 is 1. The second kappa shape index (κ2) is 6.47. The molecule has 0 fully saturated rings. The molecule has 0 radical (unpaired) electrons. The van der Waals surface area contributed by atoms with Gasteiger partial charge in [0.15, 0.2) is 5.82 Å². The molecule has 0 N–H and O–H groups in total.